The molecule has 0 aliphatic carbocycles. The molecule has 0 radical (unpaired) electrons. The number of carbonyl (C=O) groups excluding carboxylic acids is 2. The maximum Gasteiger partial charge on any atom is 0.227 e. The monoisotopic (exact) mass is 355 g/mol. The number of carbonyl (C=O) groups is 2. The summed E-state index contributed by atoms with van der Waals surface area (Å²) in [5.41, 5.74) is 1.51. The van der Waals surface area contributed by atoms with Gasteiger partial charge in [0, 0.05) is 56.5 Å². The third-order valence-corrected chi connectivity index (χ3v) is 6.31. The second-order valence-corrected chi connectivity index (χ2v) is 7.87. The second-order valence-electron chi connectivity index (χ2n) is 7.87. The van der Waals surface area contributed by atoms with Gasteiger partial charge in [-0.2, -0.15) is 0 Å². The summed E-state index contributed by atoms with van der Waals surface area (Å²) < 4.78 is 0. The lowest BCUT2D eigenvalue weighted by atomic mass is 9.92. The van der Waals surface area contributed by atoms with Crippen LogP contribution >= 0.6 is 0 Å². The summed E-state index contributed by atoms with van der Waals surface area (Å²) >= 11 is 0. The number of fused-ring (bicyclic) bond motifs is 2. The van der Waals surface area contributed by atoms with Gasteiger partial charge in [0.15, 0.2) is 5.78 Å². The zero-order valence-electron chi connectivity index (χ0n) is 15.7. The van der Waals surface area contributed by atoms with Gasteiger partial charge in [-0.3, -0.25) is 14.5 Å². The highest BCUT2D eigenvalue weighted by atomic mass is 16.2. The number of para-hydroxylation sites is 1. The van der Waals surface area contributed by atoms with Gasteiger partial charge >= 0.3 is 0 Å². The molecule has 3 aliphatic heterocycles. The number of likely N-dealkylation sites (tertiary alicyclic amines) is 2. The summed E-state index contributed by atoms with van der Waals surface area (Å²) in [4.78, 5) is 31.7. The van der Waals surface area contributed by atoms with Crippen molar-refractivity contribution in [1.82, 2.24) is 9.80 Å². The van der Waals surface area contributed by atoms with E-state index in [0.29, 0.717) is 24.9 Å². The van der Waals surface area contributed by atoms with E-state index in [0.717, 1.165) is 43.6 Å². The van der Waals surface area contributed by atoms with Gasteiger partial charge in [-0.25, -0.2) is 0 Å². The molecule has 0 aromatic heterocycles. The summed E-state index contributed by atoms with van der Waals surface area (Å²) in [6, 6.07) is 8.31. The fourth-order valence-electron chi connectivity index (χ4n) is 4.75. The van der Waals surface area contributed by atoms with Crippen molar-refractivity contribution in [2.75, 3.05) is 44.2 Å². The molecule has 2 fully saturated rings. The first-order valence-corrected chi connectivity index (χ1v) is 10.1. The summed E-state index contributed by atoms with van der Waals surface area (Å²) in [5, 5.41) is 0. The van der Waals surface area contributed by atoms with E-state index in [4.69, 9.17) is 0 Å². The van der Waals surface area contributed by atoms with Gasteiger partial charge in [0.25, 0.3) is 0 Å². The molecule has 140 valence electrons. The normalized spacial score (nSPS) is 26.4. The third-order valence-electron chi connectivity index (χ3n) is 6.31. The Hall–Kier alpha value is -1.72. The van der Waals surface area contributed by atoms with Crippen molar-refractivity contribution in [3.8, 4) is 0 Å². The van der Waals surface area contributed by atoms with Crippen LogP contribution in [0.5, 0.6) is 0 Å². The Bertz CT molecular complexity index is 690. The van der Waals surface area contributed by atoms with Gasteiger partial charge in [0.1, 0.15) is 0 Å². The zero-order chi connectivity index (χ0) is 18.1. The van der Waals surface area contributed by atoms with Gasteiger partial charge in [0.05, 0.1) is 5.69 Å². The molecule has 3 aliphatic rings. The van der Waals surface area contributed by atoms with Crippen LogP contribution in [-0.4, -0.2) is 66.8 Å². The fourth-order valence-corrected chi connectivity index (χ4v) is 4.75. The Morgan fingerprint density at radius 3 is 2.65 bits per heavy atom. The number of ketones is 1. The highest BCUT2D eigenvalue weighted by molar-refractivity contribution is 6.09. The van der Waals surface area contributed by atoms with Crippen molar-refractivity contribution >= 4 is 17.4 Å². The SMILES string of the molecule is CCN1C[C@H]2CN(CCCCN3C(=O)CCC(=O)c4ccccc43)[C@@H]2C1. The number of hydrogen-bond donors (Lipinski definition) is 0. The molecule has 3 heterocycles. The second kappa shape index (κ2) is 7.49. The van der Waals surface area contributed by atoms with Crippen molar-refractivity contribution in [2.45, 2.75) is 38.6 Å². The number of anilines is 1. The van der Waals surface area contributed by atoms with E-state index in [-0.39, 0.29) is 11.7 Å². The highest BCUT2D eigenvalue weighted by Gasteiger charge is 2.44. The predicted molar refractivity (Wildman–Crippen MR) is 103 cm³/mol. The molecule has 0 unspecified atom stereocenters. The summed E-state index contributed by atoms with van der Waals surface area (Å²) in [6.45, 7) is 8.98. The maximum absolute atomic E-state index is 12.5. The predicted octanol–water partition coefficient (Wildman–Crippen LogP) is 2.41. The molecule has 26 heavy (non-hydrogen) atoms. The maximum atomic E-state index is 12.5. The van der Waals surface area contributed by atoms with E-state index in [1.54, 1.807) is 0 Å². The van der Waals surface area contributed by atoms with Crippen LogP contribution in [0.4, 0.5) is 5.69 Å². The molecule has 1 aromatic rings. The van der Waals surface area contributed by atoms with Gasteiger partial charge in [-0.1, -0.05) is 19.1 Å². The number of hydrogen-bond acceptors (Lipinski definition) is 4. The minimum atomic E-state index is 0.0849. The average molecular weight is 355 g/mol. The number of amides is 1. The molecule has 1 aromatic carbocycles. The van der Waals surface area contributed by atoms with Crippen LogP contribution in [0, 0.1) is 5.92 Å². The molecule has 1 amide bonds. The van der Waals surface area contributed by atoms with Crippen LogP contribution in [0.15, 0.2) is 24.3 Å². The van der Waals surface area contributed by atoms with Gasteiger partial charge in [0.2, 0.25) is 5.91 Å². The van der Waals surface area contributed by atoms with Crippen LogP contribution in [0.3, 0.4) is 0 Å². The molecule has 2 saturated heterocycles. The van der Waals surface area contributed by atoms with Gasteiger partial charge < -0.3 is 9.80 Å². The molecule has 0 N–H and O–H groups in total. The Kier molecular flexibility index (Phi) is 5.09. The first-order valence-electron chi connectivity index (χ1n) is 10.1. The topological polar surface area (TPSA) is 43.9 Å². The number of rotatable bonds is 6. The molecule has 2 atom stereocenters. The molecule has 0 saturated carbocycles. The summed E-state index contributed by atoms with van der Waals surface area (Å²) in [6.07, 6.45) is 2.75. The van der Waals surface area contributed by atoms with Gasteiger partial charge in [-0.05, 0) is 38.1 Å². The van der Waals surface area contributed by atoms with Crippen LogP contribution < -0.4 is 4.90 Å². The minimum Gasteiger partial charge on any atom is -0.312 e. The van der Waals surface area contributed by atoms with Crippen LogP contribution in [0.25, 0.3) is 0 Å². The minimum absolute atomic E-state index is 0.0849. The highest BCUT2D eigenvalue weighted by Crippen LogP contribution is 2.32. The molecule has 5 nitrogen and oxygen atoms in total. The largest absolute Gasteiger partial charge is 0.312 e. The Labute approximate surface area is 155 Å². The average Bonchev–Trinajstić information content (AvgIpc) is 2.92. The van der Waals surface area contributed by atoms with Gasteiger partial charge in [-0.15, -0.1) is 0 Å². The van der Waals surface area contributed by atoms with Crippen molar-refractivity contribution in [2.24, 2.45) is 5.92 Å². The molecule has 0 bridgehead atoms. The fraction of sp³-hybridized carbons (Fsp3) is 0.619. The van der Waals surface area contributed by atoms with E-state index in [9.17, 15) is 9.59 Å². The summed E-state index contributed by atoms with van der Waals surface area (Å²) in [5.74, 6) is 1.05. The van der Waals surface area contributed by atoms with E-state index in [1.807, 2.05) is 29.2 Å². The number of Topliss-reactive ketones (excluding diaryl/α,β-unsaturated/α-hetero) is 1. The quantitative estimate of drug-likeness (QED) is 0.735. The molecule has 4 rings (SSSR count). The van der Waals surface area contributed by atoms with Crippen molar-refractivity contribution in [3.05, 3.63) is 29.8 Å². The van der Waals surface area contributed by atoms with Crippen LogP contribution in [0.2, 0.25) is 0 Å². The van der Waals surface area contributed by atoms with Crippen LogP contribution in [0.1, 0.15) is 43.0 Å². The Morgan fingerprint density at radius 1 is 1.00 bits per heavy atom. The smallest absolute Gasteiger partial charge is 0.227 e. The van der Waals surface area contributed by atoms with E-state index in [1.165, 1.54) is 19.6 Å². The lowest BCUT2D eigenvalue weighted by molar-refractivity contribution is -0.118. The standard InChI is InChI=1S/C21H29N3O2/c1-2-22-13-16-14-23(19(16)15-22)11-5-6-12-24-18-8-4-3-7-17(18)20(25)9-10-21(24)26/h3-4,7-8,16,19H,2,5-6,9-15H2,1H3/t16-,19+/m0/s1. The lowest BCUT2D eigenvalue weighted by Gasteiger charge is -2.43. The number of likely N-dealkylation sites (N-methyl/N-ethyl adjacent to an activating group) is 1. The Morgan fingerprint density at radius 2 is 1.81 bits per heavy atom. The number of nitrogens with zero attached hydrogens (tertiary/aromatic N) is 3. The first kappa shape index (κ1) is 17.7. The van der Waals surface area contributed by atoms with E-state index < -0.39 is 0 Å². The third kappa shape index (κ3) is 3.30. The van der Waals surface area contributed by atoms with E-state index >= 15 is 0 Å². The summed E-state index contributed by atoms with van der Waals surface area (Å²) in [7, 11) is 0. The Balaban J connectivity index is 1.30. The van der Waals surface area contributed by atoms with Crippen molar-refractivity contribution in [1.29, 1.82) is 0 Å². The lowest BCUT2D eigenvalue weighted by Crippen LogP contribution is -2.55. The molecule has 0 spiro atoms. The molecular formula is C21H29N3O2. The number of benzene rings is 1. The zero-order valence-corrected chi connectivity index (χ0v) is 15.7. The van der Waals surface area contributed by atoms with Crippen molar-refractivity contribution < 1.29 is 9.59 Å². The van der Waals surface area contributed by atoms with Crippen molar-refractivity contribution in [3.63, 3.8) is 0 Å². The number of unbranched alkanes of at least 4 members (excludes halogenated alkanes) is 1. The first-order chi connectivity index (χ1) is 12.7. The molecular weight excluding hydrogens is 326 g/mol. The molecule has 5 heteroatoms. The van der Waals surface area contributed by atoms with Crippen LogP contribution in [-0.2, 0) is 4.79 Å². The van der Waals surface area contributed by atoms with E-state index in [2.05, 4.69) is 16.7 Å².